The molecule has 1 N–H and O–H groups in total. The molecule has 0 aromatic heterocycles. The molecule has 0 saturated heterocycles. The Bertz CT molecular complexity index is 800. The van der Waals surface area contributed by atoms with E-state index in [0.717, 1.165) is 12.0 Å². The van der Waals surface area contributed by atoms with Crippen molar-refractivity contribution < 1.29 is 4.79 Å². The van der Waals surface area contributed by atoms with Crippen LogP contribution in [0.3, 0.4) is 0 Å². The van der Waals surface area contributed by atoms with Crippen LogP contribution in [0.25, 0.3) is 10.8 Å². The quantitative estimate of drug-likeness (QED) is 0.757. The molecule has 0 fully saturated rings. The van der Waals surface area contributed by atoms with E-state index < -0.39 is 0 Å². The number of benzene rings is 3. The van der Waals surface area contributed by atoms with Gasteiger partial charge in [0.2, 0.25) is 5.91 Å². The predicted octanol–water partition coefficient (Wildman–Crippen LogP) is 4.05. The monoisotopic (exact) mass is 303 g/mol. The molecule has 0 radical (unpaired) electrons. The maximum absolute atomic E-state index is 12.0. The Morgan fingerprint density at radius 2 is 1.65 bits per heavy atom. The van der Waals surface area contributed by atoms with Gasteiger partial charge in [0.1, 0.15) is 0 Å². The Balaban J connectivity index is 1.56. The van der Waals surface area contributed by atoms with Crippen LogP contribution in [0, 0.1) is 6.92 Å². The number of hydrogen-bond acceptors (Lipinski definition) is 1. The molecule has 0 spiro atoms. The van der Waals surface area contributed by atoms with E-state index in [2.05, 4.69) is 47.8 Å². The lowest BCUT2D eigenvalue weighted by Crippen LogP contribution is -2.27. The van der Waals surface area contributed by atoms with Gasteiger partial charge in [-0.25, -0.2) is 0 Å². The molecule has 3 aromatic rings. The van der Waals surface area contributed by atoms with Crippen molar-refractivity contribution in [2.75, 3.05) is 6.54 Å². The molecule has 116 valence electrons. The van der Waals surface area contributed by atoms with Gasteiger partial charge >= 0.3 is 0 Å². The summed E-state index contributed by atoms with van der Waals surface area (Å²) < 4.78 is 0. The summed E-state index contributed by atoms with van der Waals surface area (Å²) in [7, 11) is 0. The van der Waals surface area contributed by atoms with E-state index >= 15 is 0 Å². The molecule has 2 heteroatoms. The number of amides is 1. The molecule has 0 aliphatic rings. The second kappa shape index (κ2) is 7.10. The first-order valence-corrected chi connectivity index (χ1v) is 8.01. The van der Waals surface area contributed by atoms with Crippen LogP contribution in [-0.4, -0.2) is 12.5 Å². The minimum absolute atomic E-state index is 0.0779. The molecule has 23 heavy (non-hydrogen) atoms. The van der Waals surface area contributed by atoms with Crippen LogP contribution in [0.15, 0.2) is 66.7 Å². The summed E-state index contributed by atoms with van der Waals surface area (Å²) in [5.41, 5.74) is 3.54. The van der Waals surface area contributed by atoms with Crippen molar-refractivity contribution in [1.29, 1.82) is 0 Å². The normalized spacial score (nSPS) is 10.7. The predicted molar refractivity (Wildman–Crippen MR) is 95.5 cm³/mol. The Kier molecular flexibility index (Phi) is 4.72. The van der Waals surface area contributed by atoms with Gasteiger partial charge in [-0.3, -0.25) is 4.79 Å². The van der Waals surface area contributed by atoms with Crippen molar-refractivity contribution in [1.82, 2.24) is 5.32 Å². The smallest absolute Gasteiger partial charge is 0.224 e. The molecule has 0 heterocycles. The van der Waals surface area contributed by atoms with Gasteiger partial charge < -0.3 is 5.32 Å². The summed E-state index contributed by atoms with van der Waals surface area (Å²) in [5.74, 6) is 0.0779. The summed E-state index contributed by atoms with van der Waals surface area (Å²) in [4.78, 5) is 12.0. The minimum atomic E-state index is 0.0779. The van der Waals surface area contributed by atoms with Crippen LogP contribution in [0.2, 0.25) is 0 Å². The molecular formula is C21H21NO. The van der Waals surface area contributed by atoms with Crippen molar-refractivity contribution >= 4 is 16.7 Å². The Hall–Kier alpha value is -2.61. The number of hydrogen-bond donors (Lipinski definition) is 1. The van der Waals surface area contributed by atoms with Gasteiger partial charge in [-0.15, -0.1) is 0 Å². The first kappa shape index (κ1) is 15.3. The molecular weight excluding hydrogens is 282 g/mol. The highest BCUT2D eigenvalue weighted by atomic mass is 16.1. The zero-order valence-electron chi connectivity index (χ0n) is 13.4. The topological polar surface area (TPSA) is 29.1 Å². The maximum atomic E-state index is 12.0. The zero-order valence-corrected chi connectivity index (χ0v) is 13.4. The van der Waals surface area contributed by atoms with E-state index in [4.69, 9.17) is 0 Å². The third-order valence-corrected chi connectivity index (χ3v) is 4.08. The number of carbonyl (C=O) groups is 1. The number of aryl methyl sites for hydroxylation is 1. The second-order valence-corrected chi connectivity index (χ2v) is 5.90. The number of fused-ring (bicyclic) bond motifs is 1. The van der Waals surface area contributed by atoms with Crippen LogP contribution in [0.4, 0.5) is 0 Å². The molecule has 1 amide bonds. The third-order valence-electron chi connectivity index (χ3n) is 4.08. The van der Waals surface area contributed by atoms with E-state index in [1.165, 1.54) is 21.9 Å². The van der Waals surface area contributed by atoms with Crippen molar-refractivity contribution in [3.05, 3.63) is 83.4 Å². The molecule has 0 aliphatic carbocycles. The van der Waals surface area contributed by atoms with Crippen LogP contribution < -0.4 is 5.32 Å². The van der Waals surface area contributed by atoms with E-state index in [1.807, 2.05) is 31.2 Å². The van der Waals surface area contributed by atoms with E-state index in [-0.39, 0.29) is 5.91 Å². The maximum Gasteiger partial charge on any atom is 0.224 e. The van der Waals surface area contributed by atoms with Gasteiger partial charge in [-0.05, 0) is 35.2 Å². The fourth-order valence-electron chi connectivity index (χ4n) is 2.80. The second-order valence-electron chi connectivity index (χ2n) is 5.90. The van der Waals surface area contributed by atoms with Crippen molar-refractivity contribution in [2.24, 2.45) is 0 Å². The van der Waals surface area contributed by atoms with Crippen molar-refractivity contribution in [3.63, 3.8) is 0 Å². The van der Waals surface area contributed by atoms with Gasteiger partial charge in [0.25, 0.3) is 0 Å². The number of rotatable bonds is 5. The van der Waals surface area contributed by atoms with Crippen LogP contribution in [0.1, 0.15) is 16.7 Å². The Morgan fingerprint density at radius 3 is 2.48 bits per heavy atom. The average Bonchev–Trinajstić information content (AvgIpc) is 2.57. The minimum Gasteiger partial charge on any atom is -0.355 e. The lowest BCUT2D eigenvalue weighted by molar-refractivity contribution is -0.120. The lowest BCUT2D eigenvalue weighted by atomic mass is 10.0. The summed E-state index contributed by atoms with van der Waals surface area (Å²) in [6, 6.07) is 22.8. The number of nitrogens with one attached hydrogen (secondary N) is 1. The summed E-state index contributed by atoms with van der Waals surface area (Å²) in [6.07, 6.45) is 1.29. The highest BCUT2D eigenvalue weighted by Crippen LogP contribution is 2.18. The zero-order chi connectivity index (χ0) is 16.1. The largest absolute Gasteiger partial charge is 0.355 e. The van der Waals surface area contributed by atoms with E-state index in [1.54, 1.807) is 0 Å². The highest BCUT2D eigenvalue weighted by molar-refractivity contribution is 5.85. The molecule has 0 unspecified atom stereocenters. The van der Waals surface area contributed by atoms with E-state index in [9.17, 15) is 4.79 Å². The summed E-state index contributed by atoms with van der Waals surface area (Å²) >= 11 is 0. The van der Waals surface area contributed by atoms with Crippen LogP contribution >= 0.6 is 0 Å². The third kappa shape index (κ3) is 3.98. The first-order chi connectivity index (χ1) is 11.2. The van der Waals surface area contributed by atoms with E-state index in [0.29, 0.717) is 13.0 Å². The van der Waals surface area contributed by atoms with Gasteiger partial charge in [-0.2, -0.15) is 0 Å². The fraction of sp³-hybridized carbons (Fsp3) is 0.190. The standard InChI is InChI=1S/C21H21NO/c1-16-9-11-17(12-10-16)15-21(23)22-14-13-19-7-4-6-18-5-2-3-8-20(18)19/h2-12H,13-15H2,1H3,(H,22,23). The van der Waals surface area contributed by atoms with Gasteiger partial charge in [0, 0.05) is 6.54 Å². The molecule has 0 aliphatic heterocycles. The molecule has 0 saturated carbocycles. The van der Waals surface area contributed by atoms with Crippen molar-refractivity contribution in [3.8, 4) is 0 Å². The molecule has 0 bridgehead atoms. The summed E-state index contributed by atoms with van der Waals surface area (Å²) in [6.45, 7) is 2.72. The fourth-order valence-corrected chi connectivity index (χ4v) is 2.80. The Labute approximate surface area is 137 Å². The molecule has 3 rings (SSSR count). The van der Waals surface area contributed by atoms with Crippen LogP contribution in [0.5, 0.6) is 0 Å². The molecule has 3 aromatic carbocycles. The lowest BCUT2D eigenvalue weighted by Gasteiger charge is -2.08. The average molecular weight is 303 g/mol. The molecule has 2 nitrogen and oxygen atoms in total. The highest BCUT2D eigenvalue weighted by Gasteiger charge is 2.04. The SMILES string of the molecule is Cc1ccc(CC(=O)NCCc2cccc3ccccc23)cc1. The summed E-state index contributed by atoms with van der Waals surface area (Å²) in [5, 5.41) is 5.53. The van der Waals surface area contributed by atoms with Crippen molar-refractivity contribution in [2.45, 2.75) is 19.8 Å². The Morgan fingerprint density at radius 1 is 0.913 bits per heavy atom. The van der Waals surface area contributed by atoms with Gasteiger partial charge in [0.05, 0.1) is 6.42 Å². The first-order valence-electron chi connectivity index (χ1n) is 8.01. The van der Waals surface area contributed by atoms with Gasteiger partial charge in [0.15, 0.2) is 0 Å². The van der Waals surface area contributed by atoms with Crippen LogP contribution in [-0.2, 0) is 17.6 Å². The van der Waals surface area contributed by atoms with Gasteiger partial charge in [-0.1, -0.05) is 72.3 Å². The number of carbonyl (C=O) groups excluding carboxylic acids is 1. The molecule has 0 atom stereocenters.